The predicted molar refractivity (Wildman–Crippen MR) is 75.8 cm³/mol. The van der Waals surface area contributed by atoms with Crippen molar-refractivity contribution in [3.63, 3.8) is 0 Å². The average molecular weight is 248 g/mol. The minimum absolute atomic E-state index is 0.580. The zero-order valence-corrected chi connectivity index (χ0v) is 11.5. The first-order chi connectivity index (χ1) is 8.69. The lowest BCUT2D eigenvalue weighted by Crippen LogP contribution is -2.31. The van der Waals surface area contributed by atoms with Gasteiger partial charge in [0.25, 0.3) is 0 Å². The Morgan fingerprint density at radius 1 is 1.33 bits per heavy atom. The summed E-state index contributed by atoms with van der Waals surface area (Å²) >= 11 is 0. The second-order valence-corrected chi connectivity index (χ2v) is 5.15. The quantitative estimate of drug-likeness (QED) is 0.855. The van der Waals surface area contributed by atoms with Gasteiger partial charge in [0.1, 0.15) is 5.82 Å². The number of likely N-dealkylation sites (tertiary alicyclic amines) is 1. The SMILES string of the molecule is Cc1cc(CN)cc(N(C)CCN2CCCC2)n1. The normalized spacial score (nSPS) is 16.2. The van der Waals surface area contributed by atoms with Gasteiger partial charge in [0.15, 0.2) is 0 Å². The van der Waals surface area contributed by atoms with Gasteiger partial charge in [-0.3, -0.25) is 0 Å². The van der Waals surface area contributed by atoms with E-state index < -0.39 is 0 Å². The van der Waals surface area contributed by atoms with Gasteiger partial charge in [0.2, 0.25) is 0 Å². The molecular formula is C14H24N4. The lowest BCUT2D eigenvalue weighted by Gasteiger charge is -2.23. The zero-order valence-electron chi connectivity index (χ0n) is 11.5. The third-order valence-corrected chi connectivity index (χ3v) is 3.58. The highest BCUT2D eigenvalue weighted by Gasteiger charge is 2.12. The first-order valence-electron chi connectivity index (χ1n) is 6.80. The molecule has 100 valence electrons. The van der Waals surface area contributed by atoms with E-state index in [-0.39, 0.29) is 0 Å². The molecular weight excluding hydrogens is 224 g/mol. The fourth-order valence-corrected chi connectivity index (χ4v) is 2.45. The molecule has 1 fully saturated rings. The molecule has 2 rings (SSSR count). The maximum atomic E-state index is 5.71. The van der Waals surface area contributed by atoms with Crippen molar-refractivity contribution in [1.82, 2.24) is 9.88 Å². The lowest BCUT2D eigenvalue weighted by atomic mass is 10.2. The monoisotopic (exact) mass is 248 g/mol. The van der Waals surface area contributed by atoms with Crippen molar-refractivity contribution in [1.29, 1.82) is 0 Å². The van der Waals surface area contributed by atoms with E-state index in [0.29, 0.717) is 6.54 Å². The molecule has 0 unspecified atom stereocenters. The number of nitrogens with zero attached hydrogens (tertiary/aromatic N) is 3. The first kappa shape index (κ1) is 13.3. The van der Waals surface area contributed by atoms with Gasteiger partial charge in [-0.15, -0.1) is 0 Å². The summed E-state index contributed by atoms with van der Waals surface area (Å²) in [6.45, 7) is 7.27. The van der Waals surface area contributed by atoms with Crippen LogP contribution in [0.2, 0.25) is 0 Å². The maximum absolute atomic E-state index is 5.71. The second kappa shape index (κ2) is 6.16. The first-order valence-corrected chi connectivity index (χ1v) is 6.80. The van der Waals surface area contributed by atoms with Crippen LogP contribution in [0.15, 0.2) is 12.1 Å². The molecule has 0 aromatic carbocycles. The second-order valence-electron chi connectivity index (χ2n) is 5.15. The van der Waals surface area contributed by atoms with Gasteiger partial charge in [-0.2, -0.15) is 0 Å². The summed E-state index contributed by atoms with van der Waals surface area (Å²) in [4.78, 5) is 9.33. The summed E-state index contributed by atoms with van der Waals surface area (Å²) < 4.78 is 0. The van der Waals surface area contributed by atoms with Crippen LogP contribution in [0, 0.1) is 6.92 Å². The molecule has 2 N–H and O–H groups in total. The number of anilines is 1. The molecule has 0 radical (unpaired) electrons. The van der Waals surface area contributed by atoms with Gasteiger partial charge in [0.05, 0.1) is 0 Å². The lowest BCUT2D eigenvalue weighted by molar-refractivity contribution is 0.346. The van der Waals surface area contributed by atoms with Crippen molar-refractivity contribution < 1.29 is 0 Å². The summed E-state index contributed by atoms with van der Waals surface area (Å²) in [6.07, 6.45) is 2.70. The molecule has 1 aromatic rings. The molecule has 0 amide bonds. The van der Waals surface area contributed by atoms with Gasteiger partial charge in [-0.05, 0) is 50.6 Å². The highest BCUT2D eigenvalue weighted by molar-refractivity contribution is 5.41. The molecule has 1 aromatic heterocycles. The summed E-state index contributed by atoms with van der Waals surface area (Å²) in [6, 6.07) is 4.15. The van der Waals surface area contributed by atoms with Gasteiger partial charge >= 0.3 is 0 Å². The van der Waals surface area contributed by atoms with E-state index in [9.17, 15) is 0 Å². The minimum atomic E-state index is 0.580. The van der Waals surface area contributed by atoms with Gasteiger partial charge in [0, 0.05) is 32.4 Å². The van der Waals surface area contributed by atoms with E-state index in [4.69, 9.17) is 5.73 Å². The van der Waals surface area contributed by atoms with Crippen molar-refractivity contribution >= 4 is 5.82 Å². The third-order valence-electron chi connectivity index (χ3n) is 3.58. The van der Waals surface area contributed by atoms with Crippen LogP contribution in [-0.4, -0.2) is 43.1 Å². The van der Waals surface area contributed by atoms with Gasteiger partial charge in [-0.1, -0.05) is 0 Å². The molecule has 1 aliphatic heterocycles. The van der Waals surface area contributed by atoms with Crippen LogP contribution in [0.1, 0.15) is 24.1 Å². The fraction of sp³-hybridized carbons (Fsp3) is 0.643. The van der Waals surface area contributed by atoms with Gasteiger partial charge < -0.3 is 15.5 Å². The van der Waals surface area contributed by atoms with Crippen LogP contribution in [0.25, 0.3) is 0 Å². The van der Waals surface area contributed by atoms with Crippen LogP contribution in [-0.2, 0) is 6.54 Å². The van der Waals surface area contributed by atoms with Crippen molar-refractivity contribution in [3.8, 4) is 0 Å². The summed E-state index contributed by atoms with van der Waals surface area (Å²) in [5, 5.41) is 0. The minimum Gasteiger partial charge on any atom is -0.358 e. The Morgan fingerprint density at radius 3 is 2.72 bits per heavy atom. The number of nitrogens with two attached hydrogens (primary N) is 1. The molecule has 4 heteroatoms. The van der Waals surface area contributed by atoms with E-state index in [2.05, 4.69) is 34.0 Å². The topological polar surface area (TPSA) is 45.4 Å². The van der Waals surface area contributed by atoms with Crippen molar-refractivity contribution in [2.45, 2.75) is 26.3 Å². The number of rotatable bonds is 5. The predicted octanol–water partition coefficient (Wildman–Crippen LogP) is 1.38. The Morgan fingerprint density at radius 2 is 2.06 bits per heavy atom. The van der Waals surface area contributed by atoms with Crippen molar-refractivity contribution in [3.05, 3.63) is 23.4 Å². The molecule has 2 heterocycles. The highest BCUT2D eigenvalue weighted by Crippen LogP contribution is 2.14. The van der Waals surface area contributed by atoms with E-state index in [0.717, 1.165) is 30.2 Å². The number of aryl methyl sites for hydroxylation is 1. The number of aromatic nitrogens is 1. The maximum Gasteiger partial charge on any atom is 0.128 e. The van der Waals surface area contributed by atoms with Crippen LogP contribution in [0.4, 0.5) is 5.82 Å². The zero-order chi connectivity index (χ0) is 13.0. The van der Waals surface area contributed by atoms with Crippen molar-refractivity contribution in [2.24, 2.45) is 5.73 Å². The Hall–Kier alpha value is -1.13. The van der Waals surface area contributed by atoms with E-state index >= 15 is 0 Å². The van der Waals surface area contributed by atoms with Gasteiger partial charge in [-0.25, -0.2) is 4.98 Å². The van der Waals surface area contributed by atoms with E-state index in [1.54, 1.807) is 0 Å². The molecule has 18 heavy (non-hydrogen) atoms. The highest BCUT2D eigenvalue weighted by atomic mass is 15.2. The van der Waals surface area contributed by atoms with Crippen LogP contribution >= 0.6 is 0 Å². The summed E-state index contributed by atoms with van der Waals surface area (Å²) in [7, 11) is 2.11. The molecule has 0 aliphatic carbocycles. The molecule has 4 nitrogen and oxygen atoms in total. The molecule has 1 aliphatic rings. The number of likely N-dealkylation sites (N-methyl/N-ethyl adjacent to an activating group) is 1. The fourth-order valence-electron chi connectivity index (χ4n) is 2.45. The molecule has 1 saturated heterocycles. The summed E-state index contributed by atoms with van der Waals surface area (Å²) in [5.41, 5.74) is 7.91. The number of hydrogen-bond donors (Lipinski definition) is 1. The molecule has 0 spiro atoms. The smallest absolute Gasteiger partial charge is 0.128 e. The van der Waals surface area contributed by atoms with Crippen LogP contribution < -0.4 is 10.6 Å². The Labute approximate surface area is 110 Å². The largest absolute Gasteiger partial charge is 0.358 e. The van der Waals surface area contributed by atoms with E-state index in [1.807, 2.05) is 6.92 Å². The third kappa shape index (κ3) is 3.43. The Balaban J connectivity index is 1.94. The summed E-state index contributed by atoms with van der Waals surface area (Å²) in [5.74, 6) is 1.04. The molecule has 0 atom stereocenters. The molecule has 0 bridgehead atoms. The van der Waals surface area contributed by atoms with Crippen LogP contribution in [0.5, 0.6) is 0 Å². The number of hydrogen-bond acceptors (Lipinski definition) is 4. The molecule has 0 saturated carbocycles. The van der Waals surface area contributed by atoms with E-state index in [1.165, 1.54) is 25.9 Å². The Kier molecular flexibility index (Phi) is 4.55. The van der Waals surface area contributed by atoms with Crippen LogP contribution in [0.3, 0.4) is 0 Å². The number of pyridine rings is 1. The Bertz CT molecular complexity index is 385. The standard InChI is InChI=1S/C14H24N4/c1-12-9-13(11-15)10-14(16-12)17(2)7-8-18-5-3-4-6-18/h9-10H,3-8,11,15H2,1-2H3. The average Bonchev–Trinajstić information content (AvgIpc) is 2.88. The van der Waals surface area contributed by atoms with Crippen molar-refractivity contribution in [2.75, 3.05) is 38.1 Å².